The number of nitrogens with two attached hydrogens (primary N) is 1. The Bertz CT molecular complexity index is 392. The molecule has 0 saturated carbocycles. The van der Waals surface area contributed by atoms with Crippen LogP contribution in [0.5, 0.6) is 0 Å². The summed E-state index contributed by atoms with van der Waals surface area (Å²) in [7, 11) is 0. The fourth-order valence-corrected chi connectivity index (χ4v) is 1.77. The molecule has 1 aromatic heterocycles. The zero-order valence-electron chi connectivity index (χ0n) is 11.5. The van der Waals surface area contributed by atoms with Gasteiger partial charge in [0.05, 0.1) is 5.69 Å². The molecule has 2 N–H and O–H groups in total. The minimum Gasteiger partial charge on any atom is -0.339 e. The molecule has 1 amide bonds. The van der Waals surface area contributed by atoms with Crippen LogP contribution >= 0.6 is 0 Å². The topological polar surface area (TPSA) is 59.2 Å². The highest BCUT2D eigenvalue weighted by Gasteiger charge is 2.16. The number of amides is 1. The van der Waals surface area contributed by atoms with Gasteiger partial charge in [-0.25, -0.2) is 0 Å². The van der Waals surface area contributed by atoms with Crippen molar-refractivity contribution in [3.63, 3.8) is 0 Å². The van der Waals surface area contributed by atoms with Crippen LogP contribution in [0.4, 0.5) is 0 Å². The van der Waals surface area contributed by atoms with Gasteiger partial charge in [-0.05, 0) is 25.0 Å². The molecule has 1 heterocycles. The van der Waals surface area contributed by atoms with Crippen LogP contribution in [0.1, 0.15) is 43.2 Å². The molecule has 0 spiro atoms. The maximum absolute atomic E-state index is 12.4. The molecule has 0 aliphatic carbocycles. The van der Waals surface area contributed by atoms with E-state index in [0.717, 1.165) is 25.2 Å². The van der Waals surface area contributed by atoms with Gasteiger partial charge in [-0.1, -0.05) is 20.3 Å². The van der Waals surface area contributed by atoms with Crippen molar-refractivity contribution in [2.24, 2.45) is 11.7 Å². The first kappa shape index (κ1) is 14.6. The predicted octanol–water partition coefficient (Wildman–Crippen LogP) is 2.05. The van der Waals surface area contributed by atoms with Gasteiger partial charge in [0, 0.05) is 31.4 Å². The second-order valence-electron chi connectivity index (χ2n) is 4.60. The van der Waals surface area contributed by atoms with Gasteiger partial charge >= 0.3 is 0 Å². The molecular weight excluding hydrogens is 226 g/mol. The molecule has 1 unspecified atom stereocenters. The third-order valence-corrected chi connectivity index (χ3v) is 3.17. The van der Waals surface area contributed by atoms with Crippen molar-refractivity contribution in [2.75, 3.05) is 13.1 Å². The number of carbonyl (C=O) groups excluding carboxylic acids is 1. The van der Waals surface area contributed by atoms with Crippen LogP contribution in [-0.2, 0) is 6.54 Å². The molecule has 18 heavy (non-hydrogen) atoms. The van der Waals surface area contributed by atoms with Crippen LogP contribution in [0.3, 0.4) is 0 Å². The van der Waals surface area contributed by atoms with Crippen LogP contribution < -0.4 is 5.73 Å². The highest BCUT2D eigenvalue weighted by molar-refractivity contribution is 5.94. The fourth-order valence-electron chi connectivity index (χ4n) is 1.77. The molecule has 4 heteroatoms. The van der Waals surface area contributed by atoms with E-state index in [1.165, 1.54) is 0 Å². The SMILES string of the molecule is CCC(C)CN(CC)C(=O)c1ccnc(CN)c1. The van der Waals surface area contributed by atoms with Crippen LogP contribution in [-0.4, -0.2) is 28.9 Å². The van der Waals surface area contributed by atoms with E-state index >= 15 is 0 Å². The molecule has 0 aliphatic heterocycles. The highest BCUT2D eigenvalue weighted by atomic mass is 16.2. The summed E-state index contributed by atoms with van der Waals surface area (Å²) in [6.45, 7) is 8.19. The van der Waals surface area contributed by atoms with Crippen molar-refractivity contribution in [3.05, 3.63) is 29.6 Å². The molecule has 4 nitrogen and oxygen atoms in total. The summed E-state index contributed by atoms with van der Waals surface area (Å²) in [5, 5.41) is 0. The average molecular weight is 249 g/mol. The highest BCUT2D eigenvalue weighted by Crippen LogP contribution is 2.10. The monoisotopic (exact) mass is 249 g/mol. The molecule has 100 valence electrons. The van der Waals surface area contributed by atoms with Crippen molar-refractivity contribution in [1.82, 2.24) is 9.88 Å². The van der Waals surface area contributed by atoms with Gasteiger partial charge in [0.15, 0.2) is 0 Å². The summed E-state index contributed by atoms with van der Waals surface area (Å²) in [5.41, 5.74) is 6.97. The van der Waals surface area contributed by atoms with Crippen molar-refractivity contribution in [2.45, 2.75) is 33.7 Å². The van der Waals surface area contributed by atoms with Crippen molar-refractivity contribution >= 4 is 5.91 Å². The Kier molecular flexibility index (Phi) is 5.78. The van der Waals surface area contributed by atoms with Crippen LogP contribution in [0.25, 0.3) is 0 Å². The third-order valence-electron chi connectivity index (χ3n) is 3.17. The van der Waals surface area contributed by atoms with Crippen molar-refractivity contribution < 1.29 is 4.79 Å². The largest absolute Gasteiger partial charge is 0.339 e. The van der Waals surface area contributed by atoms with Crippen molar-refractivity contribution in [3.8, 4) is 0 Å². The average Bonchev–Trinajstić information content (AvgIpc) is 2.43. The lowest BCUT2D eigenvalue weighted by Crippen LogP contribution is -2.34. The first-order valence-corrected chi connectivity index (χ1v) is 6.56. The number of carbonyl (C=O) groups is 1. The normalized spacial score (nSPS) is 12.2. The number of pyridine rings is 1. The molecule has 0 radical (unpaired) electrons. The van der Waals surface area contributed by atoms with Gasteiger partial charge in [-0.2, -0.15) is 0 Å². The molecule has 1 aromatic rings. The Labute approximate surface area is 109 Å². The number of nitrogens with zero attached hydrogens (tertiary/aromatic N) is 2. The Balaban J connectivity index is 2.82. The molecule has 0 saturated heterocycles. The van der Waals surface area contributed by atoms with E-state index < -0.39 is 0 Å². The lowest BCUT2D eigenvalue weighted by atomic mass is 10.1. The second kappa shape index (κ2) is 7.11. The molecule has 1 rings (SSSR count). The van der Waals surface area contributed by atoms with E-state index in [9.17, 15) is 4.79 Å². The maximum Gasteiger partial charge on any atom is 0.253 e. The zero-order chi connectivity index (χ0) is 13.5. The number of hydrogen-bond donors (Lipinski definition) is 1. The summed E-state index contributed by atoms with van der Waals surface area (Å²) < 4.78 is 0. The number of hydrogen-bond acceptors (Lipinski definition) is 3. The lowest BCUT2D eigenvalue weighted by molar-refractivity contribution is 0.0740. The van der Waals surface area contributed by atoms with Gasteiger partial charge in [-0.15, -0.1) is 0 Å². The quantitative estimate of drug-likeness (QED) is 0.839. The summed E-state index contributed by atoms with van der Waals surface area (Å²) in [5.74, 6) is 0.583. The molecule has 0 fully saturated rings. The molecule has 1 atom stereocenters. The van der Waals surface area contributed by atoms with Gasteiger partial charge in [0.25, 0.3) is 5.91 Å². The minimum atomic E-state index is 0.0647. The van der Waals surface area contributed by atoms with Gasteiger partial charge < -0.3 is 10.6 Å². The van der Waals surface area contributed by atoms with E-state index in [1.807, 2.05) is 11.8 Å². The molecular formula is C14H23N3O. The third kappa shape index (κ3) is 3.81. The van der Waals surface area contributed by atoms with E-state index in [2.05, 4.69) is 18.8 Å². The van der Waals surface area contributed by atoms with E-state index in [-0.39, 0.29) is 5.91 Å². The van der Waals surface area contributed by atoms with E-state index in [0.29, 0.717) is 18.0 Å². The van der Waals surface area contributed by atoms with Crippen molar-refractivity contribution in [1.29, 1.82) is 0 Å². The Morgan fingerprint density at radius 3 is 2.78 bits per heavy atom. The Hall–Kier alpha value is -1.42. The van der Waals surface area contributed by atoms with Gasteiger partial charge in [0.1, 0.15) is 0 Å². The predicted molar refractivity (Wildman–Crippen MR) is 73.2 cm³/mol. The first-order chi connectivity index (χ1) is 8.62. The second-order valence-corrected chi connectivity index (χ2v) is 4.60. The fraction of sp³-hybridized carbons (Fsp3) is 0.571. The summed E-state index contributed by atoms with van der Waals surface area (Å²) in [4.78, 5) is 18.3. The summed E-state index contributed by atoms with van der Waals surface area (Å²) in [6, 6.07) is 3.53. The standard InChI is InChI=1S/C14H23N3O/c1-4-11(3)10-17(5-2)14(18)12-6-7-16-13(8-12)9-15/h6-8,11H,4-5,9-10,15H2,1-3H3. The van der Waals surface area contributed by atoms with Crippen LogP contribution in [0.15, 0.2) is 18.3 Å². The molecule has 0 aliphatic rings. The van der Waals surface area contributed by atoms with E-state index in [1.54, 1.807) is 18.3 Å². The van der Waals surface area contributed by atoms with E-state index in [4.69, 9.17) is 5.73 Å². The van der Waals surface area contributed by atoms with Gasteiger partial charge in [-0.3, -0.25) is 9.78 Å². The zero-order valence-corrected chi connectivity index (χ0v) is 11.5. The minimum absolute atomic E-state index is 0.0647. The maximum atomic E-state index is 12.4. The molecule has 0 bridgehead atoms. The van der Waals surface area contributed by atoms with Gasteiger partial charge in [0.2, 0.25) is 0 Å². The number of aromatic nitrogens is 1. The lowest BCUT2D eigenvalue weighted by Gasteiger charge is -2.24. The number of rotatable bonds is 6. The van der Waals surface area contributed by atoms with Crippen LogP contribution in [0, 0.1) is 5.92 Å². The smallest absolute Gasteiger partial charge is 0.253 e. The summed E-state index contributed by atoms with van der Waals surface area (Å²) >= 11 is 0. The Morgan fingerprint density at radius 2 is 2.22 bits per heavy atom. The Morgan fingerprint density at radius 1 is 1.50 bits per heavy atom. The van der Waals surface area contributed by atoms with Crippen LogP contribution in [0.2, 0.25) is 0 Å². The summed E-state index contributed by atoms with van der Waals surface area (Å²) in [6.07, 6.45) is 2.72. The molecule has 0 aromatic carbocycles. The first-order valence-electron chi connectivity index (χ1n) is 6.56.